The summed E-state index contributed by atoms with van der Waals surface area (Å²) in [5.74, 6) is 2.40. The van der Waals surface area contributed by atoms with Gasteiger partial charge in [-0.15, -0.1) is 0 Å². The first kappa shape index (κ1) is 26.8. The number of likely N-dealkylation sites (tertiary alicyclic amines) is 1. The van der Waals surface area contributed by atoms with Crippen molar-refractivity contribution in [3.8, 4) is 17.1 Å². The van der Waals surface area contributed by atoms with Crippen LogP contribution in [0.1, 0.15) is 25.0 Å². The molecule has 1 aromatic carbocycles. The number of H-pyrrole nitrogens is 1. The Morgan fingerprint density at radius 2 is 2.02 bits per heavy atom. The first-order valence-corrected chi connectivity index (χ1v) is 14.5. The molecule has 0 bridgehead atoms. The van der Waals surface area contributed by atoms with E-state index >= 15 is 0 Å². The Hall–Kier alpha value is -5.04. The van der Waals surface area contributed by atoms with Crippen LogP contribution in [0.15, 0.2) is 55.1 Å². The summed E-state index contributed by atoms with van der Waals surface area (Å²) in [6, 6.07) is 12.0. The number of hydrogen-bond donors (Lipinski definition) is 4. The highest BCUT2D eigenvalue weighted by Crippen LogP contribution is 2.32. The normalized spacial score (nSPS) is 16.8. The number of ether oxygens (including phenoxy) is 1. The predicted octanol–water partition coefficient (Wildman–Crippen LogP) is 3.87. The Balaban J connectivity index is 0.983. The van der Waals surface area contributed by atoms with Gasteiger partial charge in [0.2, 0.25) is 17.7 Å². The van der Waals surface area contributed by atoms with Crippen molar-refractivity contribution in [1.29, 1.82) is 0 Å². The molecule has 5 heterocycles. The third kappa shape index (κ3) is 6.11. The van der Waals surface area contributed by atoms with Crippen molar-refractivity contribution in [3.63, 3.8) is 0 Å². The monoisotopic (exact) mass is 579 g/mol. The Morgan fingerprint density at radius 1 is 1.12 bits per heavy atom. The summed E-state index contributed by atoms with van der Waals surface area (Å²) in [5.41, 5.74) is 4.24. The number of carbonyl (C=O) groups excluding carboxylic acids is 1. The largest absolute Gasteiger partial charge is 0.473 e. The summed E-state index contributed by atoms with van der Waals surface area (Å²) in [5, 5.41) is 15.0. The van der Waals surface area contributed by atoms with Crippen molar-refractivity contribution in [1.82, 2.24) is 39.6 Å². The second-order valence-corrected chi connectivity index (χ2v) is 11.1. The maximum atomic E-state index is 13.1. The number of carbonyl (C=O) groups is 1. The lowest BCUT2D eigenvalue weighted by atomic mass is 10.1. The van der Waals surface area contributed by atoms with Gasteiger partial charge in [-0.25, -0.2) is 19.9 Å². The standard InChI is InChI=1S/C30H33N11O2/c1-18-12-26(39-40(18)2)38-30-31-10-8-23(37-30)22-14-32-29-21(22)4-3-5-24(29)36-27(42)16-41-11-9-20(15-41)43-28-13-25(33-17-34-28)35-19-6-7-19/h3-5,8,10,12-14,17,19-20,32H,6-7,9,11,15-16H2,1-2H3,(H,36,42)(H,33,34,35)(H,31,37,38,39)/t20-/m0/s1. The van der Waals surface area contributed by atoms with Crippen LogP contribution in [0.3, 0.4) is 0 Å². The van der Waals surface area contributed by atoms with Gasteiger partial charge < -0.3 is 25.7 Å². The van der Waals surface area contributed by atoms with Crippen LogP contribution in [0.25, 0.3) is 22.2 Å². The van der Waals surface area contributed by atoms with Gasteiger partial charge in [0, 0.05) is 67.3 Å². The molecule has 1 saturated heterocycles. The quantitative estimate of drug-likeness (QED) is 0.192. The molecular formula is C30H33N11O2. The Kier molecular flexibility index (Phi) is 7.07. The Labute approximate surface area is 248 Å². The lowest BCUT2D eigenvalue weighted by Crippen LogP contribution is -2.33. The number of anilines is 4. The average Bonchev–Trinajstić information content (AvgIpc) is 3.36. The molecule has 0 radical (unpaired) electrons. The van der Waals surface area contributed by atoms with Gasteiger partial charge in [-0.3, -0.25) is 14.4 Å². The third-order valence-corrected chi connectivity index (χ3v) is 7.73. The molecular weight excluding hydrogens is 546 g/mol. The van der Waals surface area contributed by atoms with Gasteiger partial charge >= 0.3 is 0 Å². The van der Waals surface area contributed by atoms with Crippen LogP contribution in [0.5, 0.6) is 5.88 Å². The first-order valence-electron chi connectivity index (χ1n) is 14.5. The third-order valence-electron chi connectivity index (χ3n) is 7.73. The molecule has 43 heavy (non-hydrogen) atoms. The van der Waals surface area contributed by atoms with Crippen molar-refractivity contribution in [3.05, 3.63) is 60.8 Å². The fraction of sp³-hybridized carbons (Fsp3) is 0.333. The van der Waals surface area contributed by atoms with Crippen molar-refractivity contribution in [2.45, 2.75) is 38.3 Å². The SMILES string of the molecule is Cc1cc(Nc2nccc(-c3c[nH]c4c(NC(=O)CN5CC[C@H](Oc6cc(NC7CC7)ncn6)C5)cccc34)n2)nn1C. The van der Waals surface area contributed by atoms with Gasteiger partial charge in [-0.2, -0.15) is 5.10 Å². The van der Waals surface area contributed by atoms with Gasteiger partial charge in [-0.05, 0) is 38.3 Å². The van der Waals surface area contributed by atoms with Crippen LogP contribution in [0.2, 0.25) is 0 Å². The highest BCUT2D eigenvalue weighted by atomic mass is 16.5. The van der Waals surface area contributed by atoms with E-state index < -0.39 is 0 Å². The lowest BCUT2D eigenvalue weighted by molar-refractivity contribution is -0.117. The molecule has 220 valence electrons. The number of aromatic amines is 1. The van der Waals surface area contributed by atoms with E-state index in [2.05, 4.69) is 45.9 Å². The smallest absolute Gasteiger partial charge is 0.238 e. The fourth-order valence-electron chi connectivity index (χ4n) is 5.30. The summed E-state index contributed by atoms with van der Waals surface area (Å²) in [4.78, 5) is 36.1. The van der Waals surface area contributed by atoms with E-state index in [1.54, 1.807) is 10.9 Å². The van der Waals surface area contributed by atoms with Gasteiger partial charge in [0.15, 0.2) is 5.82 Å². The molecule has 4 N–H and O–H groups in total. The number of aryl methyl sites for hydroxylation is 2. The van der Waals surface area contributed by atoms with Crippen LogP contribution in [0, 0.1) is 6.92 Å². The molecule has 13 heteroatoms. The number of rotatable bonds is 10. The molecule has 13 nitrogen and oxygen atoms in total. The number of hydrogen-bond acceptors (Lipinski definition) is 10. The molecule has 2 fully saturated rings. The molecule has 1 amide bonds. The molecule has 1 saturated carbocycles. The van der Waals surface area contributed by atoms with E-state index in [0.717, 1.165) is 46.6 Å². The van der Waals surface area contributed by atoms with Crippen LogP contribution in [-0.4, -0.2) is 77.3 Å². The molecule has 2 aliphatic rings. The Bertz CT molecular complexity index is 1760. The van der Waals surface area contributed by atoms with Gasteiger partial charge in [-0.1, -0.05) is 12.1 Å². The van der Waals surface area contributed by atoms with Crippen LogP contribution in [0.4, 0.5) is 23.3 Å². The van der Waals surface area contributed by atoms with Crippen molar-refractivity contribution in [2.24, 2.45) is 7.05 Å². The van der Waals surface area contributed by atoms with E-state index in [-0.39, 0.29) is 18.6 Å². The number of aromatic nitrogens is 7. The topological polar surface area (TPSA) is 151 Å². The zero-order chi connectivity index (χ0) is 29.3. The number of nitrogens with one attached hydrogen (secondary N) is 4. The maximum Gasteiger partial charge on any atom is 0.238 e. The van der Waals surface area contributed by atoms with Gasteiger partial charge in [0.25, 0.3) is 0 Å². The second-order valence-electron chi connectivity index (χ2n) is 11.1. The van der Waals surface area contributed by atoms with Crippen molar-refractivity contribution >= 4 is 40.1 Å². The van der Waals surface area contributed by atoms with E-state index in [9.17, 15) is 4.79 Å². The minimum absolute atomic E-state index is 0.0280. The number of fused-ring (bicyclic) bond motifs is 1. The highest BCUT2D eigenvalue weighted by molar-refractivity contribution is 6.05. The summed E-state index contributed by atoms with van der Waals surface area (Å²) >= 11 is 0. The first-order chi connectivity index (χ1) is 21.0. The van der Waals surface area contributed by atoms with Crippen LogP contribution >= 0.6 is 0 Å². The van der Waals surface area contributed by atoms with Crippen LogP contribution < -0.4 is 20.7 Å². The number of para-hydroxylation sites is 1. The predicted molar refractivity (Wildman–Crippen MR) is 163 cm³/mol. The van der Waals surface area contributed by atoms with Gasteiger partial charge in [0.05, 0.1) is 23.4 Å². The zero-order valence-corrected chi connectivity index (χ0v) is 24.0. The fourth-order valence-corrected chi connectivity index (χ4v) is 5.30. The van der Waals surface area contributed by atoms with Gasteiger partial charge in [0.1, 0.15) is 18.2 Å². The lowest BCUT2D eigenvalue weighted by Gasteiger charge is -2.16. The maximum absolute atomic E-state index is 13.1. The molecule has 4 aromatic heterocycles. The van der Waals surface area contributed by atoms with E-state index in [1.165, 1.54) is 19.2 Å². The number of nitrogens with zero attached hydrogens (tertiary/aromatic N) is 7. The average molecular weight is 580 g/mol. The molecule has 7 rings (SSSR count). The minimum atomic E-state index is -0.0820. The van der Waals surface area contributed by atoms with E-state index in [0.29, 0.717) is 35.9 Å². The van der Waals surface area contributed by atoms with Crippen molar-refractivity contribution in [2.75, 3.05) is 35.6 Å². The molecule has 1 aliphatic heterocycles. The summed E-state index contributed by atoms with van der Waals surface area (Å²) in [6.45, 7) is 3.69. The summed E-state index contributed by atoms with van der Waals surface area (Å²) in [7, 11) is 1.89. The number of amides is 1. The molecule has 1 aliphatic carbocycles. The Morgan fingerprint density at radius 3 is 2.86 bits per heavy atom. The van der Waals surface area contributed by atoms with E-state index in [1.807, 2.05) is 56.6 Å². The molecule has 0 spiro atoms. The summed E-state index contributed by atoms with van der Waals surface area (Å²) < 4.78 is 7.90. The number of benzene rings is 1. The van der Waals surface area contributed by atoms with E-state index in [4.69, 9.17) is 9.72 Å². The molecule has 1 atom stereocenters. The van der Waals surface area contributed by atoms with Crippen LogP contribution in [-0.2, 0) is 11.8 Å². The summed E-state index contributed by atoms with van der Waals surface area (Å²) in [6.07, 6.45) is 8.29. The second kappa shape index (κ2) is 11.3. The molecule has 0 unspecified atom stereocenters. The minimum Gasteiger partial charge on any atom is -0.473 e. The molecule has 5 aromatic rings. The van der Waals surface area contributed by atoms with Crippen molar-refractivity contribution < 1.29 is 9.53 Å². The highest BCUT2D eigenvalue weighted by Gasteiger charge is 2.27. The zero-order valence-electron chi connectivity index (χ0n) is 24.0.